The van der Waals surface area contributed by atoms with Crippen molar-refractivity contribution >= 4 is 38.3 Å². The van der Waals surface area contributed by atoms with Crippen molar-refractivity contribution in [2.75, 3.05) is 0 Å². The van der Waals surface area contributed by atoms with Gasteiger partial charge in [-0.15, -0.1) is 0 Å². The molecule has 0 fully saturated rings. The minimum absolute atomic E-state index is 0.218. The van der Waals surface area contributed by atoms with E-state index in [-0.39, 0.29) is 5.56 Å². The third-order valence-electron chi connectivity index (χ3n) is 3.40. The van der Waals surface area contributed by atoms with E-state index in [1.165, 1.54) is 12.1 Å². The summed E-state index contributed by atoms with van der Waals surface area (Å²) in [7, 11) is 0. The lowest BCUT2D eigenvalue weighted by Crippen LogP contribution is -2.02. The molecule has 0 spiro atoms. The molecule has 1 N–H and O–H groups in total. The van der Waals surface area contributed by atoms with Gasteiger partial charge in [-0.1, -0.05) is 51.8 Å². The Morgan fingerprint density at radius 3 is 2.43 bits per heavy atom. The van der Waals surface area contributed by atoms with Crippen LogP contribution >= 0.6 is 27.5 Å². The fraction of sp³-hybridized carbons (Fsp3) is 0.0588. The number of fused-ring (bicyclic) bond motifs is 1. The van der Waals surface area contributed by atoms with E-state index in [2.05, 4.69) is 15.9 Å². The van der Waals surface area contributed by atoms with Crippen LogP contribution in [0.15, 0.2) is 59.1 Å². The summed E-state index contributed by atoms with van der Waals surface area (Å²) in [4.78, 5) is 0. The molecule has 106 valence electrons. The van der Waals surface area contributed by atoms with Gasteiger partial charge in [0.1, 0.15) is 11.9 Å². The zero-order chi connectivity index (χ0) is 15.0. The van der Waals surface area contributed by atoms with Gasteiger partial charge < -0.3 is 5.11 Å². The maximum Gasteiger partial charge on any atom is 0.130 e. The van der Waals surface area contributed by atoms with Gasteiger partial charge in [0.05, 0.1) is 0 Å². The molecule has 3 aromatic carbocycles. The lowest BCUT2D eigenvalue weighted by molar-refractivity contribution is 0.215. The minimum Gasteiger partial charge on any atom is -0.384 e. The molecule has 1 nitrogen and oxygen atoms in total. The number of hydrogen-bond acceptors (Lipinski definition) is 1. The van der Waals surface area contributed by atoms with Crippen molar-refractivity contribution in [1.29, 1.82) is 0 Å². The van der Waals surface area contributed by atoms with Crippen molar-refractivity contribution in [3.05, 3.63) is 81.0 Å². The van der Waals surface area contributed by atoms with Crippen LogP contribution in [0.2, 0.25) is 5.02 Å². The number of benzene rings is 3. The molecule has 0 saturated carbocycles. The highest BCUT2D eigenvalue weighted by Crippen LogP contribution is 2.29. The lowest BCUT2D eigenvalue weighted by Gasteiger charge is -2.13. The Kier molecular flexibility index (Phi) is 3.98. The molecule has 0 amide bonds. The van der Waals surface area contributed by atoms with E-state index in [1.54, 1.807) is 12.1 Å². The summed E-state index contributed by atoms with van der Waals surface area (Å²) >= 11 is 9.16. The summed E-state index contributed by atoms with van der Waals surface area (Å²) < 4.78 is 14.9. The van der Waals surface area contributed by atoms with Gasteiger partial charge >= 0.3 is 0 Å². The van der Waals surface area contributed by atoms with Crippen LogP contribution in [0, 0.1) is 5.82 Å². The fourth-order valence-electron chi connectivity index (χ4n) is 2.31. The lowest BCUT2D eigenvalue weighted by atomic mass is 9.98. The van der Waals surface area contributed by atoms with E-state index in [4.69, 9.17) is 11.6 Å². The molecule has 0 radical (unpaired) electrons. The Balaban J connectivity index is 2.04. The monoisotopic (exact) mass is 364 g/mol. The quantitative estimate of drug-likeness (QED) is 0.638. The van der Waals surface area contributed by atoms with Gasteiger partial charge in [0.2, 0.25) is 0 Å². The number of rotatable bonds is 2. The molecule has 21 heavy (non-hydrogen) atoms. The summed E-state index contributed by atoms with van der Waals surface area (Å²) in [6, 6.07) is 15.7. The number of halogens is 3. The zero-order valence-corrected chi connectivity index (χ0v) is 13.2. The molecule has 1 unspecified atom stereocenters. The SMILES string of the molecule is OC(c1ccc2cc(Br)ccc2c1)c1ccc(Cl)cc1F. The van der Waals surface area contributed by atoms with Crippen LogP contribution in [0.1, 0.15) is 17.2 Å². The maximum atomic E-state index is 13.9. The van der Waals surface area contributed by atoms with Crippen LogP contribution < -0.4 is 0 Å². The van der Waals surface area contributed by atoms with E-state index in [9.17, 15) is 9.50 Å². The largest absolute Gasteiger partial charge is 0.384 e. The van der Waals surface area contributed by atoms with Crippen LogP contribution in [-0.4, -0.2) is 5.11 Å². The molecule has 0 aromatic heterocycles. The van der Waals surface area contributed by atoms with E-state index in [1.807, 2.05) is 30.3 Å². The minimum atomic E-state index is -1.02. The van der Waals surface area contributed by atoms with Crippen LogP contribution in [0.3, 0.4) is 0 Å². The van der Waals surface area contributed by atoms with Gasteiger partial charge in [-0.2, -0.15) is 0 Å². The first kappa shape index (κ1) is 14.5. The van der Waals surface area contributed by atoms with E-state index in [0.29, 0.717) is 10.6 Å². The van der Waals surface area contributed by atoms with Crippen LogP contribution in [0.4, 0.5) is 4.39 Å². The Morgan fingerprint density at radius 1 is 0.952 bits per heavy atom. The van der Waals surface area contributed by atoms with E-state index >= 15 is 0 Å². The maximum absolute atomic E-state index is 13.9. The summed E-state index contributed by atoms with van der Waals surface area (Å²) in [5.41, 5.74) is 0.863. The second-order valence-corrected chi connectivity index (χ2v) is 6.17. The third kappa shape index (κ3) is 2.95. The first-order valence-corrected chi connectivity index (χ1v) is 7.54. The predicted octanol–water partition coefficient (Wildman–Crippen LogP) is 5.48. The topological polar surface area (TPSA) is 20.2 Å². The standard InChI is InChI=1S/C17H11BrClFO/c18-13-4-3-10-7-12(2-1-11(10)8-13)17(21)15-6-5-14(19)9-16(15)20/h1-9,17,21H. The third-order valence-corrected chi connectivity index (χ3v) is 4.13. The van der Waals surface area contributed by atoms with Crippen molar-refractivity contribution in [1.82, 2.24) is 0 Å². The van der Waals surface area contributed by atoms with Crippen molar-refractivity contribution in [3.8, 4) is 0 Å². The molecule has 0 aliphatic heterocycles. The van der Waals surface area contributed by atoms with Crippen molar-refractivity contribution in [3.63, 3.8) is 0 Å². The molecule has 0 heterocycles. The molecular formula is C17H11BrClFO. The smallest absolute Gasteiger partial charge is 0.130 e. The first-order valence-electron chi connectivity index (χ1n) is 6.37. The Bertz CT molecular complexity index is 819. The molecule has 0 aliphatic carbocycles. The highest BCUT2D eigenvalue weighted by atomic mass is 79.9. The number of aliphatic hydroxyl groups excluding tert-OH is 1. The highest BCUT2D eigenvalue weighted by Gasteiger charge is 2.15. The molecule has 0 aliphatic rings. The molecule has 3 aromatic rings. The van der Waals surface area contributed by atoms with Crippen molar-refractivity contribution in [2.24, 2.45) is 0 Å². The normalized spacial score (nSPS) is 12.6. The fourth-order valence-corrected chi connectivity index (χ4v) is 2.85. The van der Waals surface area contributed by atoms with Crippen LogP contribution in [-0.2, 0) is 0 Å². The van der Waals surface area contributed by atoms with Crippen molar-refractivity contribution in [2.45, 2.75) is 6.10 Å². The van der Waals surface area contributed by atoms with Gasteiger partial charge in [-0.3, -0.25) is 0 Å². The first-order chi connectivity index (χ1) is 10.0. The Morgan fingerprint density at radius 2 is 1.67 bits per heavy atom. The van der Waals surface area contributed by atoms with Crippen molar-refractivity contribution < 1.29 is 9.50 Å². The number of hydrogen-bond donors (Lipinski definition) is 1. The highest BCUT2D eigenvalue weighted by molar-refractivity contribution is 9.10. The van der Waals surface area contributed by atoms with E-state index in [0.717, 1.165) is 15.2 Å². The second-order valence-electron chi connectivity index (χ2n) is 4.82. The molecule has 0 bridgehead atoms. The summed E-state index contributed by atoms with van der Waals surface area (Å²) in [6.07, 6.45) is -1.02. The zero-order valence-electron chi connectivity index (χ0n) is 10.9. The summed E-state index contributed by atoms with van der Waals surface area (Å²) in [5, 5.41) is 12.7. The molecule has 0 saturated heterocycles. The molecule has 4 heteroatoms. The average molecular weight is 366 g/mol. The number of aliphatic hydroxyl groups is 1. The van der Waals surface area contributed by atoms with Crippen LogP contribution in [0.5, 0.6) is 0 Å². The summed E-state index contributed by atoms with van der Waals surface area (Å²) in [5.74, 6) is -0.508. The molecular weight excluding hydrogens is 355 g/mol. The predicted molar refractivity (Wildman–Crippen MR) is 87.1 cm³/mol. The second kappa shape index (κ2) is 5.76. The molecule has 1 atom stereocenters. The van der Waals surface area contributed by atoms with Crippen LogP contribution in [0.25, 0.3) is 10.8 Å². The van der Waals surface area contributed by atoms with E-state index < -0.39 is 11.9 Å². The summed E-state index contributed by atoms with van der Waals surface area (Å²) in [6.45, 7) is 0. The Labute approximate surface area is 135 Å². The Hall–Kier alpha value is -1.42. The van der Waals surface area contributed by atoms with Gasteiger partial charge in [-0.25, -0.2) is 4.39 Å². The molecule has 3 rings (SSSR count). The average Bonchev–Trinajstić information content (AvgIpc) is 2.46. The van der Waals surface area contributed by atoms with Gasteiger partial charge in [0.15, 0.2) is 0 Å². The van der Waals surface area contributed by atoms with Gasteiger partial charge in [0, 0.05) is 15.1 Å². The van der Waals surface area contributed by atoms with Gasteiger partial charge in [-0.05, 0) is 46.7 Å². The van der Waals surface area contributed by atoms with Gasteiger partial charge in [0.25, 0.3) is 0 Å².